The molecule has 0 atom stereocenters. The molecule has 2 rings (SSSR count). The van der Waals surface area contributed by atoms with Crippen molar-refractivity contribution in [1.29, 1.82) is 5.26 Å². The quantitative estimate of drug-likeness (QED) is 0.706. The van der Waals surface area contributed by atoms with Crippen molar-refractivity contribution in [2.75, 3.05) is 0 Å². The van der Waals surface area contributed by atoms with E-state index in [2.05, 4.69) is 36.9 Å². The van der Waals surface area contributed by atoms with Crippen LogP contribution in [0.1, 0.15) is 42.7 Å². The van der Waals surface area contributed by atoms with Gasteiger partial charge in [0.15, 0.2) is 0 Å². The molecule has 0 bridgehead atoms. The second-order valence-electron chi connectivity index (χ2n) is 4.97. The Kier molecular flexibility index (Phi) is 4.36. The van der Waals surface area contributed by atoms with Gasteiger partial charge in [-0.05, 0) is 55.2 Å². The number of rotatable bonds is 3. The van der Waals surface area contributed by atoms with Crippen LogP contribution in [0.25, 0.3) is 0 Å². The summed E-state index contributed by atoms with van der Waals surface area (Å²) in [7, 11) is 0. The third-order valence-electron chi connectivity index (χ3n) is 3.80. The Morgan fingerprint density at radius 1 is 1.11 bits per heavy atom. The zero-order valence-electron chi connectivity index (χ0n) is 10.7. The predicted octanol–water partition coefficient (Wildman–Crippen LogP) is 4.57. The van der Waals surface area contributed by atoms with Gasteiger partial charge in [0, 0.05) is 0 Å². The van der Waals surface area contributed by atoms with Crippen molar-refractivity contribution in [3.05, 3.63) is 60.2 Å². The van der Waals surface area contributed by atoms with E-state index in [9.17, 15) is 0 Å². The lowest BCUT2D eigenvalue weighted by atomic mass is 9.78. The fraction of sp³-hybridized carbons (Fsp3) is 0.353. The molecule has 0 unspecified atom stereocenters. The van der Waals surface area contributed by atoms with Crippen LogP contribution >= 0.6 is 0 Å². The van der Waals surface area contributed by atoms with Gasteiger partial charge in [0.25, 0.3) is 0 Å². The second kappa shape index (κ2) is 6.21. The van der Waals surface area contributed by atoms with Crippen LogP contribution in [0.4, 0.5) is 0 Å². The highest BCUT2D eigenvalue weighted by atomic mass is 14.3. The van der Waals surface area contributed by atoms with Crippen LogP contribution in [0.2, 0.25) is 0 Å². The lowest BCUT2D eigenvalue weighted by Gasteiger charge is -2.27. The first-order valence-electron chi connectivity index (χ1n) is 6.62. The molecule has 0 saturated heterocycles. The van der Waals surface area contributed by atoms with Crippen molar-refractivity contribution < 1.29 is 0 Å². The normalized spacial score (nSPS) is 23.7. The topological polar surface area (TPSA) is 23.8 Å². The van der Waals surface area contributed by atoms with Gasteiger partial charge >= 0.3 is 0 Å². The Labute approximate surface area is 109 Å². The third kappa shape index (κ3) is 3.11. The highest BCUT2D eigenvalue weighted by Gasteiger charge is 2.20. The van der Waals surface area contributed by atoms with Crippen molar-refractivity contribution in [2.24, 2.45) is 5.92 Å². The van der Waals surface area contributed by atoms with Crippen molar-refractivity contribution in [1.82, 2.24) is 0 Å². The third-order valence-corrected chi connectivity index (χ3v) is 3.80. The summed E-state index contributed by atoms with van der Waals surface area (Å²) in [5.74, 6) is 1.39. The summed E-state index contributed by atoms with van der Waals surface area (Å²) >= 11 is 0. The molecule has 0 radical (unpaired) electrons. The van der Waals surface area contributed by atoms with Crippen molar-refractivity contribution in [2.45, 2.75) is 31.6 Å². The standard InChI is InChI=1S/C17H19N/c1-2-3-4-14-5-9-16(10-6-14)17-11-7-15(13-18)8-12-17/h2-4,7-8,11-12,14,16H,1,5-6,9-10H2/b4-3+. The van der Waals surface area contributed by atoms with Gasteiger partial charge in [-0.25, -0.2) is 0 Å². The summed E-state index contributed by atoms with van der Waals surface area (Å²) in [5.41, 5.74) is 2.14. The Hall–Kier alpha value is -1.81. The monoisotopic (exact) mass is 237 g/mol. The van der Waals surface area contributed by atoms with E-state index < -0.39 is 0 Å². The number of hydrogen-bond donors (Lipinski definition) is 0. The van der Waals surface area contributed by atoms with Gasteiger partial charge in [-0.15, -0.1) is 0 Å². The van der Waals surface area contributed by atoms with Gasteiger partial charge in [0.05, 0.1) is 11.6 Å². The van der Waals surface area contributed by atoms with E-state index in [1.807, 2.05) is 18.2 Å². The van der Waals surface area contributed by atoms with Crippen LogP contribution in [0.3, 0.4) is 0 Å². The number of allylic oxidation sites excluding steroid dienone is 3. The van der Waals surface area contributed by atoms with E-state index in [4.69, 9.17) is 5.26 Å². The maximum absolute atomic E-state index is 8.79. The lowest BCUT2D eigenvalue weighted by molar-refractivity contribution is 0.376. The Morgan fingerprint density at radius 2 is 1.78 bits per heavy atom. The molecule has 1 aromatic rings. The van der Waals surface area contributed by atoms with Crippen molar-refractivity contribution >= 4 is 0 Å². The van der Waals surface area contributed by atoms with E-state index in [1.54, 1.807) is 0 Å². The molecule has 1 aliphatic carbocycles. The maximum atomic E-state index is 8.79. The lowest BCUT2D eigenvalue weighted by Crippen LogP contribution is -2.11. The van der Waals surface area contributed by atoms with Crippen LogP contribution in [-0.2, 0) is 0 Å². The molecular weight excluding hydrogens is 218 g/mol. The predicted molar refractivity (Wildman–Crippen MR) is 75.2 cm³/mol. The molecule has 0 N–H and O–H groups in total. The smallest absolute Gasteiger partial charge is 0.0991 e. The second-order valence-corrected chi connectivity index (χ2v) is 4.97. The minimum absolute atomic E-state index is 0.672. The van der Waals surface area contributed by atoms with Crippen LogP contribution in [0.15, 0.2) is 49.1 Å². The molecule has 1 heteroatoms. The Morgan fingerprint density at radius 3 is 2.33 bits per heavy atom. The molecule has 1 aliphatic rings. The van der Waals surface area contributed by atoms with Crippen LogP contribution in [0, 0.1) is 17.2 Å². The average Bonchev–Trinajstić information content (AvgIpc) is 2.46. The number of hydrogen-bond acceptors (Lipinski definition) is 1. The van der Waals surface area contributed by atoms with E-state index in [0.717, 1.165) is 11.5 Å². The molecule has 18 heavy (non-hydrogen) atoms. The van der Waals surface area contributed by atoms with E-state index in [-0.39, 0.29) is 0 Å². The molecule has 0 heterocycles. The first kappa shape index (κ1) is 12.6. The summed E-state index contributed by atoms with van der Waals surface area (Å²) in [5, 5.41) is 8.79. The largest absolute Gasteiger partial charge is 0.192 e. The van der Waals surface area contributed by atoms with Gasteiger partial charge in [-0.1, -0.05) is 36.9 Å². The molecule has 1 saturated carbocycles. The Balaban J connectivity index is 1.94. The molecule has 1 aromatic carbocycles. The first-order chi connectivity index (χ1) is 8.83. The van der Waals surface area contributed by atoms with Gasteiger partial charge < -0.3 is 0 Å². The fourth-order valence-electron chi connectivity index (χ4n) is 2.71. The zero-order valence-corrected chi connectivity index (χ0v) is 10.7. The number of benzene rings is 1. The number of nitriles is 1. The van der Waals surface area contributed by atoms with Crippen molar-refractivity contribution in [3.63, 3.8) is 0 Å². The van der Waals surface area contributed by atoms with Gasteiger partial charge in [-0.2, -0.15) is 5.26 Å². The maximum Gasteiger partial charge on any atom is 0.0991 e. The zero-order chi connectivity index (χ0) is 12.8. The minimum atomic E-state index is 0.672. The molecule has 0 amide bonds. The molecule has 0 aromatic heterocycles. The van der Waals surface area contributed by atoms with Gasteiger partial charge in [0.1, 0.15) is 0 Å². The summed E-state index contributed by atoms with van der Waals surface area (Å²) in [6.07, 6.45) is 11.2. The SMILES string of the molecule is C=C/C=C/C1CCC(c2ccc(C#N)cc2)CC1. The summed E-state index contributed by atoms with van der Waals surface area (Å²) in [6, 6.07) is 10.3. The highest BCUT2D eigenvalue weighted by Crippen LogP contribution is 2.36. The van der Waals surface area contributed by atoms with Crippen molar-refractivity contribution in [3.8, 4) is 6.07 Å². The molecule has 1 nitrogen and oxygen atoms in total. The van der Waals surface area contributed by atoms with Gasteiger partial charge in [0.2, 0.25) is 0 Å². The Bertz CT molecular complexity index is 453. The molecule has 0 spiro atoms. The summed E-state index contributed by atoms with van der Waals surface area (Å²) in [6.45, 7) is 3.71. The van der Waals surface area contributed by atoms with E-state index >= 15 is 0 Å². The van der Waals surface area contributed by atoms with Gasteiger partial charge in [-0.3, -0.25) is 0 Å². The molecule has 0 aliphatic heterocycles. The molecule has 92 valence electrons. The van der Waals surface area contributed by atoms with E-state index in [1.165, 1.54) is 31.2 Å². The van der Waals surface area contributed by atoms with Crippen LogP contribution < -0.4 is 0 Å². The van der Waals surface area contributed by atoms with E-state index in [0.29, 0.717) is 5.92 Å². The van der Waals surface area contributed by atoms with Crippen LogP contribution in [-0.4, -0.2) is 0 Å². The fourth-order valence-corrected chi connectivity index (χ4v) is 2.71. The number of nitrogens with zero attached hydrogens (tertiary/aromatic N) is 1. The minimum Gasteiger partial charge on any atom is -0.192 e. The highest BCUT2D eigenvalue weighted by molar-refractivity contribution is 5.33. The summed E-state index contributed by atoms with van der Waals surface area (Å²) < 4.78 is 0. The summed E-state index contributed by atoms with van der Waals surface area (Å²) in [4.78, 5) is 0. The molecule has 1 fully saturated rings. The average molecular weight is 237 g/mol. The molecular formula is C17H19N. The first-order valence-corrected chi connectivity index (χ1v) is 6.62. The van der Waals surface area contributed by atoms with Crippen LogP contribution in [0.5, 0.6) is 0 Å².